The van der Waals surface area contributed by atoms with Crippen molar-refractivity contribution in [3.05, 3.63) is 47.2 Å². The van der Waals surface area contributed by atoms with Crippen LogP contribution in [0.25, 0.3) is 0 Å². The van der Waals surface area contributed by atoms with E-state index in [0.29, 0.717) is 23.7 Å². The summed E-state index contributed by atoms with van der Waals surface area (Å²) in [7, 11) is 4.85. The van der Waals surface area contributed by atoms with Gasteiger partial charge in [0, 0.05) is 37.1 Å². The van der Waals surface area contributed by atoms with Gasteiger partial charge in [-0.15, -0.1) is 0 Å². The van der Waals surface area contributed by atoms with Gasteiger partial charge in [-0.1, -0.05) is 12.1 Å². The van der Waals surface area contributed by atoms with Crippen molar-refractivity contribution in [2.24, 2.45) is 4.99 Å². The lowest BCUT2D eigenvalue weighted by Crippen LogP contribution is -2.09. The summed E-state index contributed by atoms with van der Waals surface area (Å²) >= 11 is 0. The first-order valence-corrected chi connectivity index (χ1v) is 7.52. The summed E-state index contributed by atoms with van der Waals surface area (Å²) in [6.45, 7) is 2.56. The lowest BCUT2D eigenvalue weighted by molar-refractivity contribution is 0.409. The molecule has 0 spiro atoms. The van der Waals surface area contributed by atoms with E-state index in [0.717, 1.165) is 16.9 Å². The van der Waals surface area contributed by atoms with Gasteiger partial charge in [-0.25, -0.2) is 4.98 Å². The smallest absolute Gasteiger partial charge is 0.170 e. The zero-order chi connectivity index (χ0) is 17.5. The third-order valence-electron chi connectivity index (χ3n) is 3.55. The molecule has 0 unspecified atom stereocenters. The summed E-state index contributed by atoms with van der Waals surface area (Å²) in [4.78, 5) is 8.20. The molecule has 2 aromatic rings. The zero-order valence-electron chi connectivity index (χ0n) is 14.4. The first kappa shape index (κ1) is 17.5. The number of ether oxygens (including phenoxy) is 2. The van der Waals surface area contributed by atoms with Crippen molar-refractivity contribution < 1.29 is 9.47 Å². The first-order chi connectivity index (χ1) is 11.6. The third kappa shape index (κ3) is 3.90. The van der Waals surface area contributed by atoms with E-state index in [9.17, 15) is 0 Å². The van der Waals surface area contributed by atoms with E-state index in [2.05, 4.69) is 15.3 Å². The molecule has 0 aliphatic rings. The number of hydrogen-bond acceptors (Lipinski definition) is 6. The van der Waals surface area contributed by atoms with E-state index < -0.39 is 0 Å². The highest BCUT2D eigenvalue weighted by atomic mass is 16.5. The molecule has 1 aromatic heterocycles. The van der Waals surface area contributed by atoms with E-state index in [-0.39, 0.29) is 5.71 Å². The second kappa shape index (κ2) is 8.10. The minimum absolute atomic E-state index is 0.271. The largest absolute Gasteiger partial charge is 0.496 e. The maximum absolute atomic E-state index is 8.05. The molecule has 0 aliphatic carbocycles. The molecule has 2 rings (SSSR count). The summed E-state index contributed by atoms with van der Waals surface area (Å²) in [5, 5.41) is 11.3. The van der Waals surface area contributed by atoms with Crippen molar-refractivity contribution in [1.29, 1.82) is 5.41 Å². The van der Waals surface area contributed by atoms with Crippen molar-refractivity contribution in [2.75, 3.05) is 26.6 Å². The van der Waals surface area contributed by atoms with Crippen LogP contribution in [0.4, 0.5) is 5.82 Å². The number of nitrogens with zero attached hydrogens (tertiary/aromatic N) is 2. The van der Waals surface area contributed by atoms with Gasteiger partial charge in [-0.05, 0) is 24.6 Å². The molecule has 0 saturated carbocycles. The van der Waals surface area contributed by atoms with Gasteiger partial charge < -0.3 is 14.8 Å². The van der Waals surface area contributed by atoms with Gasteiger partial charge in [0.15, 0.2) is 11.6 Å². The van der Waals surface area contributed by atoms with E-state index in [1.165, 1.54) is 6.21 Å². The maximum atomic E-state index is 8.05. The average Bonchev–Trinajstić information content (AvgIpc) is 2.60. The SMILES string of the molecule is CN=CC(=N)c1ccnc(NCc2ccc(C)cc2OC)c1OC. The molecular formula is C18H22N4O2. The van der Waals surface area contributed by atoms with Crippen LogP contribution >= 0.6 is 0 Å². The summed E-state index contributed by atoms with van der Waals surface area (Å²) in [5.74, 6) is 1.92. The third-order valence-corrected chi connectivity index (χ3v) is 3.55. The van der Waals surface area contributed by atoms with Gasteiger partial charge in [0.1, 0.15) is 5.75 Å². The summed E-state index contributed by atoms with van der Waals surface area (Å²) in [6.07, 6.45) is 3.12. The fourth-order valence-electron chi connectivity index (χ4n) is 2.37. The molecule has 0 radical (unpaired) electrons. The number of rotatable bonds is 7. The molecule has 0 aliphatic heterocycles. The highest BCUT2D eigenvalue weighted by Crippen LogP contribution is 2.28. The molecule has 1 heterocycles. The molecule has 0 fully saturated rings. The summed E-state index contributed by atoms with van der Waals surface area (Å²) in [5.41, 5.74) is 3.06. The van der Waals surface area contributed by atoms with Gasteiger partial charge in [0.2, 0.25) is 0 Å². The van der Waals surface area contributed by atoms with Crippen LogP contribution in [0.3, 0.4) is 0 Å². The Morgan fingerprint density at radius 2 is 2.08 bits per heavy atom. The quantitative estimate of drug-likeness (QED) is 0.766. The molecule has 24 heavy (non-hydrogen) atoms. The number of pyridine rings is 1. The van der Waals surface area contributed by atoms with Crippen molar-refractivity contribution in [1.82, 2.24) is 4.98 Å². The number of aromatic nitrogens is 1. The second-order valence-corrected chi connectivity index (χ2v) is 5.21. The van der Waals surface area contributed by atoms with Crippen LogP contribution in [0.5, 0.6) is 11.5 Å². The normalized spacial score (nSPS) is 10.7. The molecular weight excluding hydrogens is 304 g/mol. The van der Waals surface area contributed by atoms with Crippen LogP contribution in [0.1, 0.15) is 16.7 Å². The predicted octanol–water partition coefficient (Wildman–Crippen LogP) is 3.09. The van der Waals surface area contributed by atoms with Crippen LogP contribution < -0.4 is 14.8 Å². The van der Waals surface area contributed by atoms with Crippen LogP contribution in [0.15, 0.2) is 35.5 Å². The van der Waals surface area contributed by atoms with E-state index in [1.807, 2.05) is 25.1 Å². The molecule has 2 N–H and O–H groups in total. The molecule has 6 nitrogen and oxygen atoms in total. The molecule has 6 heteroatoms. The number of methoxy groups -OCH3 is 2. The Morgan fingerprint density at radius 3 is 2.75 bits per heavy atom. The Labute approximate surface area is 142 Å². The topological polar surface area (TPSA) is 79.6 Å². The Bertz CT molecular complexity index is 757. The fraction of sp³-hybridized carbons (Fsp3) is 0.278. The lowest BCUT2D eigenvalue weighted by Gasteiger charge is -2.15. The van der Waals surface area contributed by atoms with Crippen molar-refractivity contribution in [3.8, 4) is 11.5 Å². The maximum Gasteiger partial charge on any atom is 0.170 e. The van der Waals surface area contributed by atoms with Gasteiger partial charge >= 0.3 is 0 Å². The highest BCUT2D eigenvalue weighted by Gasteiger charge is 2.14. The van der Waals surface area contributed by atoms with Gasteiger partial charge in [0.05, 0.1) is 19.9 Å². The number of nitrogens with one attached hydrogen (secondary N) is 2. The number of anilines is 1. The van der Waals surface area contributed by atoms with E-state index in [1.54, 1.807) is 33.5 Å². The molecule has 1 aromatic carbocycles. The first-order valence-electron chi connectivity index (χ1n) is 7.52. The number of benzene rings is 1. The van der Waals surface area contributed by atoms with Crippen molar-refractivity contribution in [2.45, 2.75) is 13.5 Å². The van der Waals surface area contributed by atoms with E-state index in [4.69, 9.17) is 14.9 Å². The summed E-state index contributed by atoms with van der Waals surface area (Å²) < 4.78 is 10.9. The number of aryl methyl sites for hydroxylation is 1. The van der Waals surface area contributed by atoms with Crippen LogP contribution in [0, 0.1) is 12.3 Å². The van der Waals surface area contributed by atoms with Crippen molar-refractivity contribution in [3.63, 3.8) is 0 Å². The molecule has 0 saturated heterocycles. The Kier molecular flexibility index (Phi) is 5.89. The monoisotopic (exact) mass is 326 g/mol. The molecule has 0 bridgehead atoms. The average molecular weight is 326 g/mol. The molecule has 126 valence electrons. The van der Waals surface area contributed by atoms with Gasteiger partial charge in [0.25, 0.3) is 0 Å². The van der Waals surface area contributed by atoms with Crippen molar-refractivity contribution >= 4 is 17.7 Å². The molecule has 0 atom stereocenters. The van der Waals surface area contributed by atoms with Gasteiger partial charge in [-0.2, -0.15) is 0 Å². The molecule has 0 amide bonds. The fourth-order valence-corrected chi connectivity index (χ4v) is 2.37. The second-order valence-electron chi connectivity index (χ2n) is 5.21. The minimum atomic E-state index is 0.271. The Balaban J connectivity index is 2.27. The Hall–Kier alpha value is -2.89. The Morgan fingerprint density at radius 1 is 1.29 bits per heavy atom. The standard InChI is InChI=1S/C18H22N4O2/c1-12-5-6-13(16(9-12)23-3)10-22-18-17(24-4)14(7-8-21-18)15(19)11-20-2/h5-9,11,19H,10H2,1-4H3,(H,21,22). The van der Waals surface area contributed by atoms with Crippen LogP contribution in [-0.4, -0.2) is 38.2 Å². The van der Waals surface area contributed by atoms with E-state index >= 15 is 0 Å². The lowest BCUT2D eigenvalue weighted by atomic mass is 10.1. The zero-order valence-corrected chi connectivity index (χ0v) is 14.4. The minimum Gasteiger partial charge on any atom is -0.496 e. The number of hydrogen-bond donors (Lipinski definition) is 2. The van der Waals surface area contributed by atoms with Gasteiger partial charge in [-0.3, -0.25) is 10.4 Å². The summed E-state index contributed by atoms with van der Waals surface area (Å²) in [6, 6.07) is 7.78. The number of aliphatic imine (C=N–C) groups is 1. The highest BCUT2D eigenvalue weighted by molar-refractivity contribution is 6.37. The predicted molar refractivity (Wildman–Crippen MR) is 97.1 cm³/mol. The van der Waals surface area contributed by atoms with Crippen LogP contribution in [-0.2, 0) is 6.54 Å². The van der Waals surface area contributed by atoms with Crippen LogP contribution in [0.2, 0.25) is 0 Å².